The van der Waals surface area contributed by atoms with Gasteiger partial charge in [0.1, 0.15) is 0 Å². The van der Waals surface area contributed by atoms with Crippen LogP contribution < -0.4 is 0 Å². The van der Waals surface area contributed by atoms with E-state index >= 15 is 0 Å². The molecule has 6 rings (SSSR count). The quantitative estimate of drug-likeness (QED) is 0.234. The van der Waals surface area contributed by atoms with Crippen LogP contribution in [-0.4, -0.2) is 114 Å². The zero-order valence-electron chi connectivity index (χ0n) is 13.3. The Bertz CT molecular complexity index is 439. The van der Waals surface area contributed by atoms with E-state index in [1.165, 1.54) is 0 Å². The second kappa shape index (κ2) is 8.83. The first kappa shape index (κ1) is 21.2. The van der Waals surface area contributed by atoms with E-state index in [0.717, 1.165) is 0 Å². The van der Waals surface area contributed by atoms with Crippen LogP contribution in [0.5, 0.6) is 0 Å². The monoisotopic (exact) mass is 624 g/mol. The van der Waals surface area contributed by atoms with E-state index in [9.17, 15) is 0 Å². The normalized spacial score (nSPS) is 36.0. The summed E-state index contributed by atoms with van der Waals surface area (Å²) in [6.45, 7) is 0. The lowest BCUT2D eigenvalue weighted by Gasteiger charge is -2.40. The van der Waals surface area contributed by atoms with Gasteiger partial charge in [-0.05, 0) is 0 Å². The van der Waals surface area contributed by atoms with Crippen molar-refractivity contribution in [1.82, 2.24) is 0 Å². The van der Waals surface area contributed by atoms with Gasteiger partial charge >= 0.3 is 114 Å². The molecule has 0 aromatic carbocycles. The van der Waals surface area contributed by atoms with Gasteiger partial charge in [0, 0.05) is 0 Å². The fourth-order valence-electron chi connectivity index (χ4n) is 1.97. The molecule has 6 fully saturated rings. The van der Waals surface area contributed by atoms with Crippen LogP contribution >= 0.6 is 0 Å². The summed E-state index contributed by atoms with van der Waals surface area (Å²) < 4.78 is 104. The predicted molar refractivity (Wildman–Crippen MR) is 88.6 cm³/mol. The molecule has 12 radical (unpaired) electrons. The Hall–Kier alpha value is 1.88. The molecule has 30 heavy (non-hydrogen) atoms. The Morgan fingerprint density at radius 3 is 0.267 bits per heavy atom. The van der Waals surface area contributed by atoms with Gasteiger partial charge in [0.05, 0.1) is 0 Å². The molecular weight excluding hydrogens is 625 g/mol. The van der Waals surface area contributed by atoms with Crippen molar-refractivity contribution in [3.63, 3.8) is 0 Å². The van der Waals surface area contributed by atoms with Crippen LogP contribution in [0.25, 0.3) is 0 Å². The van der Waals surface area contributed by atoms with Crippen LogP contribution in [0.1, 0.15) is 0 Å². The SMILES string of the molecule is O1[Si]2O[Si]3O[Si]4O[Si]1O[Si]1O[Si](O2)O[Si]2O[Si](O1)O[Si]1O[Si](O[Si](O[Si](O4)O1)O3)O2. The topological polar surface area (TPSA) is 166 Å². The molecule has 6 saturated heterocycles. The van der Waals surface area contributed by atoms with Gasteiger partial charge in [-0.15, -0.1) is 0 Å². The van der Waals surface area contributed by atoms with Gasteiger partial charge in [-0.1, -0.05) is 0 Å². The lowest BCUT2D eigenvalue weighted by molar-refractivity contribution is 0.0429. The fraction of sp³-hybridized carbons (Fsp3) is 0. The molecule has 0 N–H and O–H groups in total. The summed E-state index contributed by atoms with van der Waals surface area (Å²) in [5.74, 6) is 0. The highest BCUT2D eigenvalue weighted by atomic mass is 28.6. The highest BCUT2D eigenvalue weighted by molar-refractivity contribution is 6.82. The molecule has 0 amide bonds. The van der Waals surface area contributed by atoms with Crippen molar-refractivity contribution in [2.75, 3.05) is 0 Å². The molecule has 6 aliphatic rings. The van der Waals surface area contributed by atoms with Gasteiger partial charge in [-0.2, -0.15) is 0 Å². The van der Waals surface area contributed by atoms with E-state index in [4.69, 9.17) is 74.1 Å². The van der Waals surface area contributed by atoms with E-state index < -0.39 is 114 Å². The van der Waals surface area contributed by atoms with E-state index in [1.54, 1.807) is 0 Å². The first-order valence-corrected chi connectivity index (χ1v) is 22.0. The van der Waals surface area contributed by atoms with E-state index in [2.05, 4.69) is 0 Å². The lowest BCUT2D eigenvalue weighted by atomic mass is 15.5. The van der Waals surface area contributed by atoms with Crippen molar-refractivity contribution in [2.45, 2.75) is 0 Å². The Kier molecular flexibility index (Phi) is 6.24. The van der Waals surface area contributed by atoms with Gasteiger partial charge in [-0.3, -0.25) is 0 Å². The van der Waals surface area contributed by atoms with Gasteiger partial charge in [-0.25, -0.2) is 0 Å². The number of hydrogen-bond donors (Lipinski definition) is 0. The molecule has 0 aromatic rings. The second-order valence-corrected chi connectivity index (χ2v) is 25.5. The maximum Gasteiger partial charge on any atom is 0.553 e. The number of hydrogen-bond acceptors (Lipinski definition) is 18. The fourth-order valence-corrected chi connectivity index (χ4v) is 31.3. The zero-order chi connectivity index (χ0) is 19.7. The molecule has 30 heteroatoms. The van der Waals surface area contributed by atoms with Crippen LogP contribution in [-0.2, 0) is 74.1 Å². The maximum absolute atomic E-state index is 5.80. The lowest BCUT2D eigenvalue weighted by Crippen LogP contribution is -2.68. The van der Waals surface area contributed by atoms with Crippen molar-refractivity contribution in [2.24, 2.45) is 0 Å². The summed E-state index contributed by atoms with van der Waals surface area (Å²) in [6, 6.07) is 0. The Labute approximate surface area is 188 Å². The Morgan fingerprint density at radius 2 is 0.200 bits per heavy atom. The summed E-state index contributed by atoms with van der Waals surface area (Å²) in [5.41, 5.74) is 0. The van der Waals surface area contributed by atoms with Gasteiger partial charge in [0.2, 0.25) is 0 Å². The van der Waals surface area contributed by atoms with Crippen molar-refractivity contribution in [3.05, 3.63) is 0 Å². The molecule has 18 nitrogen and oxygen atoms in total. The molecule has 0 atom stereocenters. The van der Waals surface area contributed by atoms with E-state index in [0.29, 0.717) is 0 Å². The van der Waals surface area contributed by atoms with Gasteiger partial charge in [0.15, 0.2) is 0 Å². The largest absolute Gasteiger partial charge is 0.553 e. The zero-order valence-corrected chi connectivity index (χ0v) is 25.3. The second-order valence-electron chi connectivity index (χ2n) is 4.84. The predicted octanol–water partition coefficient (Wildman–Crippen LogP) is -5.80. The summed E-state index contributed by atoms with van der Waals surface area (Å²) in [6.07, 6.45) is 0. The van der Waals surface area contributed by atoms with Crippen LogP contribution in [0.4, 0.5) is 0 Å². The van der Waals surface area contributed by atoms with Gasteiger partial charge in [0.25, 0.3) is 0 Å². The molecule has 6 aliphatic heterocycles. The van der Waals surface area contributed by atoms with Crippen LogP contribution in [0.2, 0.25) is 0 Å². The first-order valence-electron chi connectivity index (χ1n) is 7.35. The third-order valence-electron chi connectivity index (χ3n) is 3.00. The molecule has 0 saturated carbocycles. The molecule has 0 aliphatic carbocycles. The van der Waals surface area contributed by atoms with E-state index in [-0.39, 0.29) is 0 Å². The smallest absolute Gasteiger partial charge is 0.369 e. The highest BCUT2D eigenvalue weighted by Gasteiger charge is 2.61. The van der Waals surface area contributed by atoms with Crippen molar-refractivity contribution in [3.8, 4) is 0 Å². The van der Waals surface area contributed by atoms with Crippen molar-refractivity contribution in [1.29, 1.82) is 0 Å². The minimum atomic E-state index is -2.52. The highest BCUT2D eigenvalue weighted by Crippen LogP contribution is 2.26. The standard InChI is InChI=1S/O18Si12/c1-19-7-21-2-22-8-20(1)10-24-3-23(9-19)13-27-5-28(14-24)18-30-6-29(17-27)15-25(11-21)4-26(12-22)16-30. The Balaban J connectivity index is 1.34. The summed E-state index contributed by atoms with van der Waals surface area (Å²) in [7, 11) is -30.2. The third kappa shape index (κ3) is 4.57. The summed E-state index contributed by atoms with van der Waals surface area (Å²) in [5, 5.41) is 0. The summed E-state index contributed by atoms with van der Waals surface area (Å²) >= 11 is 0. The van der Waals surface area contributed by atoms with E-state index in [1.807, 2.05) is 0 Å². The van der Waals surface area contributed by atoms with Crippen LogP contribution in [0.15, 0.2) is 0 Å². The minimum absolute atomic E-state index is 2.52. The maximum atomic E-state index is 5.80. The third-order valence-corrected chi connectivity index (χ3v) is 27.0. The Morgan fingerprint density at radius 1 is 0.133 bits per heavy atom. The molecular formula is O18Si12. The molecule has 0 aromatic heterocycles. The molecule has 6 heterocycles. The molecule has 12 bridgehead atoms. The first-order chi connectivity index (χ1) is 14.7. The molecule has 0 unspecified atom stereocenters. The van der Waals surface area contributed by atoms with Crippen molar-refractivity contribution >= 4 is 114 Å². The number of fused-ring (bicyclic) bond motifs is 12. The van der Waals surface area contributed by atoms with Crippen LogP contribution in [0.3, 0.4) is 0 Å². The van der Waals surface area contributed by atoms with Crippen LogP contribution in [0, 0.1) is 0 Å². The molecule has 0 spiro atoms. The summed E-state index contributed by atoms with van der Waals surface area (Å²) in [4.78, 5) is 0. The number of rotatable bonds is 0. The molecule has 156 valence electrons. The van der Waals surface area contributed by atoms with Gasteiger partial charge < -0.3 is 74.1 Å². The minimum Gasteiger partial charge on any atom is -0.369 e. The average molecular weight is 625 g/mol. The average Bonchev–Trinajstić information content (AvgIpc) is 2.54. The van der Waals surface area contributed by atoms with Crippen molar-refractivity contribution < 1.29 is 74.1 Å².